The van der Waals surface area contributed by atoms with Crippen molar-refractivity contribution in [2.75, 3.05) is 24.9 Å². The van der Waals surface area contributed by atoms with Crippen molar-refractivity contribution in [1.82, 2.24) is 15.2 Å². The number of thioether (sulfide) groups is 1. The average Bonchev–Trinajstić information content (AvgIpc) is 2.93. The zero-order chi connectivity index (χ0) is 23.7. The van der Waals surface area contributed by atoms with E-state index < -0.39 is 6.23 Å². The van der Waals surface area contributed by atoms with Gasteiger partial charge in [-0.1, -0.05) is 30.3 Å². The Hall–Kier alpha value is -3.33. The molecule has 0 bridgehead atoms. The highest BCUT2D eigenvalue weighted by Gasteiger charge is 2.37. The molecule has 0 N–H and O–H groups in total. The van der Waals surface area contributed by atoms with Gasteiger partial charge >= 0.3 is 0 Å². The number of ether oxygens (including phenoxy) is 3. The molecule has 172 valence electrons. The van der Waals surface area contributed by atoms with Crippen molar-refractivity contribution in [2.24, 2.45) is 0 Å². The number of rotatable bonds is 5. The average molecular weight is 467 g/mol. The first-order chi connectivity index (χ1) is 15.9. The number of hydrogen-bond acceptors (Lipinski definition) is 8. The van der Waals surface area contributed by atoms with Crippen LogP contribution in [0.1, 0.15) is 36.8 Å². The van der Waals surface area contributed by atoms with Gasteiger partial charge in [0.1, 0.15) is 11.5 Å². The highest BCUT2D eigenvalue weighted by Crippen LogP contribution is 2.47. The molecule has 0 unspecified atom stereocenters. The van der Waals surface area contributed by atoms with Crippen molar-refractivity contribution in [3.63, 3.8) is 0 Å². The molecule has 2 aromatic carbocycles. The third-order valence-corrected chi connectivity index (χ3v) is 6.07. The Labute approximate surface area is 197 Å². The molecular weight excluding hydrogens is 440 g/mol. The van der Waals surface area contributed by atoms with Crippen LogP contribution in [0.3, 0.4) is 0 Å². The minimum atomic E-state index is -0.856. The predicted molar refractivity (Wildman–Crippen MR) is 127 cm³/mol. The van der Waals surface area contributed by atoms with Gasteiger partial charge in [-0.2, -0.15) is 4.98 Å². The first-order valence-corrected chi connectivity index (χ1v) is 11.5. The third kappa shape index (κ3) is 4.20. The number of carbonyl (C=O) groups is 1. The summed E-state index contributed by atoms with van der Waals surface area (Å²) in [5, 5.41) is 9.26. The smallest absolute Gasteiger partial charge is 0.247 e. The van der Waals surface area contributed by atoms with E-state index in [4.69, 9.17) is 14.2 Å². The van der Waals surface area contributed by atoms with Gasteiger partial charge in [-0.15, -0.1) is 10.2 Å². The second-order valence-corrected chi connectivity index (χ2v) is 8.86. The Kier molecular flexibility index (Phi) is 6.42. The van der Waals surface area contributed by atoms with E-state index in [1.54, 1.807) is 31.3 Å². The summed E-state index contributed by atoms with van der Waals surface area (Å²) in [5.74, 6) is 2.09. The van der Waals surface area contributed by atoms with Gasteiger partial charge in [0.25, 0.3) is 0 Å². The standard InChI is InChI=1S/C24H26N4O4S/c1-7-33-24-25-22-20(26-27-24)18-11-13(2)10-14(3)21(18)28(15(4)29)23(32-22)17-12-16(30-5)8-9-19(17)31-6/h8-12,23H,7H2,1-6H3/t23-/m1/s1. The molecule has 1 atom stereocenters. The molecule has 1 amide bonds. The monoisotopic (exact) mass is 466 g/mol. The highest BCUT2D eigenvalue weighted by molar-refractivity contribution is 7.99. The maximum absolute atomic E-state index is 13.1. The minimum absolute atomic E-state index is 0.193. The molecule has 1 aliphatic rings. The van der Waals surface area contributed by atoms with E-state index in [0.29, 0.717) is 39.5 Å². The topological polar surface area (TPSA) is 86.7 Å². The fourth-order valence-corrected chi connectivity index (χ4v) is 4.54. The van der Waals surface area contributed by atoms with Gasteiger partial charge in [-0.3, -0.25) is 9.69 Å². The maximum Gasteiger partial charge on any atom is 0.247 e. The Balaban J connectivity index is 2.04. The van der Waals surface area contributed by atoms with Crippen molar-refractivity contribution in [3.8, 4) is 28.6 Å². The molecule has 4 rings (SSSR count). The fourth-order valence-electron chi connectivity index (χ4n) is 4.03. The van der Waals surface area contributed by atoms with Crippen LogP contribution in [0.4, 0.5) is 5.69 Å². The van der Waals surface area contributed by atoms with Gasteiger partial charge in [0.15, 0.2) is 5.69 Å². The number of carbonyl (C=O) groups excluding carboxylic acids is 1. The van der Waals surface area contributed by atoms with E-state index in [-0.39, 0.29) is 5.91 Å². The highest BCUT2D eigenvalue weighted by atomic mass is 32.2. The van der Waals surface area contributed by atoms with Crippen LogP contribution in [0.25, 0.3) is 11.3 Å². The van der Waals surface area contributed by atoms with Crippen molar-refractivity contribution in [2.45, 2.75) is 39.1 Å². The Morgan fingerprint density at radius 2 is 1.94 bits per heavy atom. The number of nitrogens with zero attached hydrogens (tertiary/aromatic N) is 4. The van der Waals surface area contributed by atoms with E-state index in [1.807, 2.05) is 39.0 Å². The lowest BCUT2D eigenvalue weighted by Gasteiger charge is -2.32. The molecule has 9 heteroatoms. The summed E-state index contributed by atoms with van der Waals surface area (Å²) in [4.78, 5) is 19.4. The van der Waals surface area contributed by atoms with E-state index in [0.717, 1.165) is 22.4 Å². The van der Waals surface area contributed by atoms with Gasteiger partial charge in [-0.25, -0.2) is 0 Å². The number of hydrogen-bond donors (Lipinski definition) is 0. The first kappa shape index (κ1) is 22.8. The van der Waals surface area contributed by atoms with Crippen LogP contribution in [0.5, 0.6) is 17.4 Å². The summed E-state index contributed by atoms with van der Waals surface area (Å²) in [5.41, 5.74) is 4.52. The molecule has 0 saturated heterocycles. The molecule has 8 nitrogen and oxygen atoms in total. The van der Waals surface area contributed by atoms with Crippen LogP contribution in [-0.4, -0.2) is 41.1 Å². The van der Waals surface area contributed by atoms with Crippen LogP contribution in [0.2, 0.25) is 0 Å². The van der Waals surface area contributed by atoms with Gasteiger partial charge in [0, 0.05) is 12.5 Å². The zero-order valence-electron chi connectivity index (χ0n) is 19.5. The molecule has 0 fully saturated rings. The number of aromatic nitrogens is 3. The quantitative estimate of drug-likeness (QED) is 0.499. The van der Waals surface area contributed by atoms with Crippen LogP contribution in [0, 0.1) is 13.8 Å². The van der Waals surface area contributed by atoms with Crippen molar-refractivity contribution in [3.05, 3.63) is 47.0 Å². The number of anilines is 1. The Morgan fingerprint density at radius 3 is 2.61 bits per heavy atom. The molecule has 1 aromatic heterocycles. The SMILES string of the molecule is CCSc1nnc2c(n1)O[C@H](c1cc(OC)ccc1OC)N(C(C)=O)c1c(C)cc(C)cc1-2. The Bertz CT molecular complexity index is 1220. The van der Waals surface area contributed by atoms with Crippen LogP contribution in [0.15, 0.2) is 35.5 Å². The number of methoxy groups -OCH3 is 2. The van der Waals surface area contributed by atoms with Crippen LogP contribution >= 0.6 is 11.8 Å². The molecule has 33 heavy (non-hydrogen) atoms. The summed E-state index contributed by atoms with van der Waals surface area (Å²) < 4.78 is 17.5. The molecule has 0 aliphatic carbocycles. The predicted octanol–water partition coefficient (Wildman–Crippen LogP) is 4.73. The normalized spacial score (nSPS) is 14.6. The lowest BCUT2D eigenvalue weighted by molar-refractivity contribution is -0.118. The molecule has 0 saturated carbocycles. The largest absolute Gasteiger partial charge is 0.497 e. The van der Waals surface area contributed by atoms with Gasteiger partial charge < -0.3 is 14.2 Å². The van der Waals surface area contributed by atoms with Crippen LogP contribution in [-0.2, 0) is 4.79 Å². The molecule has 3 aromatic rings. The van der Waals surface area contributed by atoms with E-state index >= 15 is 0 Å². The summed E-state index contributed by atoms with van der Waals surface area (Å²) in [6, 6.07) is 9.41. The first-order valence-electron chi connectivity index (χ1n) is 10.5. The lowest BCUT2D eigenvalue weighted by Crippen LogP contribution is -2.36. The number of aryl methyl sites for hydroxylation is 2. The van der Waals surface area contributed by atoms with Crippen LogP contribution < -0.4 is 19.1 Å². The van der Waals surface area contributed by atoms with E-state index in [9.17, 15) is 4.79 Å². The minimum Gasteiger partial charge on any atom is -0.497 e. The van der Waals surface area contributed by atoms with Crippen molar-refractivity contribution >= 4 is 23.4 Å². The second-order valence-electron chi connectivity index (χ2n) is 7.63. The number of benzene rings is 2. The molecular formula is C24H26N4O4S. The van der Waals surface area contributed by atoms with E-state index in [2.05, 4.69) is 15.2 Å². The molecule has 1 aliphatic heterocycles. The lowest BCUT2D eigenvalue weighted by atomic mass is 10.00. The summed E-state index contributed by atoms with van der Waals surface area (Å²) >= 11 is 1.47. The molecule has 2 heterocycles. The van der Waals surface area contributed by atoms with Gasteiger partial charge in [0.05, 0.1) is 25.5 Å². The fraction of sp³-hybridized carbons (Fsp3) is 0.333. The second kappa shape index (κ2) is 9.27. The zero-order valence-corrected chi connectivity index (χ0v) is 20.3. The maximum atomic E-state index is 13.1. The Morgan fingerprint density at radius 1 is 1.15 bits per heavy atom. The summed E-state index contributed by atoms with van der Waals surface area (Å²) in [6.07, 6.45) is -0.856. The third-order valence-electron chi connectivity index (χ3n) is 5.35. The summed E-state index contributed by atoms with van der Waals surface area (Å²) in [6.45, 7) is 7.50. The molecule has 0 spiro atoms. The number of amides is 1. The van der Waals surface area contributed by atoms with Gasteiger partial charge in [0.2, 0.25) is 23.2 Å². The number of fused-ring (bicyclic) bond motifs is 3. The molecule has 0 radical (unpaired) electrons. The van der Waals surface area contributed by atoms with E-state index in [1.165, 1.54) is 18.7 Å². The van der Waals surface area contributed by atoms with Crippen molar-refractivity contribution in [1.29, 1.82) is 0 Å². The van der Waals surface area contributed by atoms with Crippen molar-refractivity contribution < 1.29 is 19.0 Å². The van der Waals surface area contributed by atoms with Gasteiger partial charge in [-0.05, 0) is 49.4 Å². The summed E-state index contributed by atoms with van der Waals surface area (Å²) in [7, 11) is 3.17.